The largest absolute Gasteiger partial charge is 0.507 e. The number of carbonyl (C=O) groups excluding carboxylic acids is 3. The van der Waals surface area contributed by atoms with Crippen molar-refractivity contribution in [2.24, 2.45) is 5.73 Å². The van der Waals surface area contributed by atoms with Gasteiger partial charge in [0.1, 0.15) is 11.3 Å². The summed E-state index contributed by atoms with van der Waals surface area (Å²) in [6.07, 6.45) is -1.75. The Morgan fingerprint density at radius 2 is 2.00 bits per heavy atom. The maximum atomic E-state index is 11.7. The number of benzene rings is 1. The highest BCUT2D eigenvalue weighted by Gasteiger charge is 2.25. The van der Waals surface area contributed by atoms with Gasteiger partial charge in [0.2, 0.25) is 5.91 Å². The van der Waals surface area contributed by atoms with E-state index in [1.807, 2.05) is 0 Å². The number of phenolic OH excluding ortho intramolecular Hbond substituents is 1. The van der Waals surface area contributed by atoms with Crippen molar-refractivity contribution >= 4 is 17.8 Å². The van der Waals surface area contributed by atoms with Crippen LogP contribution in [0.4, 0.5) is 0 Å². The van der Waals surface area contributed by atoms with Crippen molar-refractivity contribution in [1.29, 1.82) is 0 Å². The van der Waals surface area contributed by atoms with E-state index in [4.69, 9.17) is 10.5 Å². The second-order valence-electron chi connectivity index (χ2n) is 3.69. The fraction of sp³-hybridized carbons (Fsp3) is 0.250. The lowest BCUT2D eigenvalue weighted by molar-refractivity contribution is -0.132. The smallest absolute Gasteiger partial charge is 0.342 e. The second-order valence-corrected chi connectivity index (χ2v) is 3.69. The number of hydrogen-bond acceptors (Lipinski definition) is 5. The van der Waals surface area contributed by atoms with Crippen LogP contribution in [0.1, 0.15) is 16.8 Å². The molecule has 0 aliphatic carbocycles. The molecule has 0 radical (unpaired) electrons. The van der Waals surface area contributed by atoms with Gasteiger partial charge < -0.3 is 20.9 Å². The zero-order chi connectivity index (χ0) is 14.4. The minimum atomic E-state index is -1.38. The summed E-state index contributed by atoms with van der Waals surface area (Å²) >= 11 is 0. The molecule has 0 aromatic heterocycles. The Morgan fingerprint density at radius 3 is 2.53 bits per heavy atom. The molecule has 0 spiro atoms. The first kappa shape index (κ1) is 14.5. The van der Waals surface area contributed by atoms with E-state index in [0.29, 0.717) is 0 Å². The van der Waals surface area contributed by atoms with Crippen molar-refractivity contribution in [2.75, 3.05) is 7.05 Å². The third-order valence-electron chi connectivity index (χ3n) is 2.34. The molecule has 2 amide bonds. The topological polar surface area (TPSA) is 119 Å². The first-order valence-electron chi connectivity index (χ1n) is 5.44. The van der Waals surface area contributed by atoms with Crippen LogP contribution in [0, 0.1) is 0 Å². The van der Waals surface area contributed by atoms with Crippen LogP contribution in [0.15, 0.2) is 24.3 Å². The van der Waals surface area contributed by atoms with Crippen LogP contribution < -0.4 is 11.1 Å². The van der Waals surface area contributed by atoms with Crippen LogP contribution in [0.25, 0.3) is 0 Å². The Hall–Kier alpha value is -2.57. The van der Waals surface area contributed by atoms with Gasteiger partial charge in [-0.3, -0.25) is 9.59 Å². The van der Waals surface area contributed by atoms with Crippen LogP contribution in [-0.2, 0) is 14.3 Å². The van der Waals surface area contributed by atoms with Gasteiger partial charge in [-0.1, -0.05) is 12.1 Å². The van der Waals surface area contributed by atoms with E-state index < -0.39 is 23.9 Å². The predicted molar refractivity (Wildman–Crippen MR) is 65.2 cm³/mol. The molecular formula is C12H14N2O5. The molecule has 0 bridgehead atoms. The average molecular weight is 266 g/mol. The Kier molecular flexibility index (Phi) is 4.87. The number of phenols is 1. The number of nitrogens with one attached hydrogen (secondary N) is 1. The van der Waals surface area contributed by atoms with E-state index in [0.717, 1.165) is 0 Å². The van der Waals surface area contributed by atoms with E-state index in [-0.39, 0.29) is 17.7 Å². The third-order valence-corrected chi connectivity index (χ3v) is 2.34. The molecule has 1 aromatic rings. The fourth-order valence-electron chi connectivity index (χ4n) is 1.31. The maximum Gasteiger partial charge on any atom is 0.342 e. The van der Waals surface area contributed by atoms with Crippen molar-refractivity contribution in [3.05, 3.63) is 29.8 Å². The SMILES string of the molecule is CNC(=O)CC(OC(=O)c1ccccc1O)C(N)=O. The molecule has 0 heterocycles. The standard InChI is InChI=1S/C12H14N2O5/c1-14-10(16)6-9(11(13)17)19-12(18)7-4-2-3-5-8(7)15/h2-5,9,15H,6H2,1H3,(H2,13,17)(H,14,16). The van der Waals surface area contributed by atoms with Crippen LogP contribution in [0.2, 0.25) is 0 Å². The first-order valence-corrected chi connectivity index (χ1v) is 5.44. The number of ether oxygens (including phenoxy) is 1. The summed E-state index contributed by atoms with van der Waals surface area (Å²) in [7, 11) is 1.38. The van der Waals surface area contributed by atoms with Crippen LogP contribution in [-0.4, -0.2) is 36.0 Å². The number of aromatic hydroxyl groups is 1. The number of nitrogens with two attached hydrogens (primary N) is 1. The van der Waals surface area contributed by atoms with Crippen molar-refractivity contribution < 1.29 is 24.2 Å². The van der Waals surface area contributed by atoms with E-state index in [1.54, 1.807) is 0 Å². The molecule has 0 aliphatic rings. The molecule has 0 saturated carbocycles. The molecule has 1 aromatic carbocycles. The first-order chi connectivity index (χ1) is 8.95. The predicted octanol–water partition coefficient (Wildman–Crippen LogP) is -0.461. The van der Waals surface area contributed by atoms with Gasteiger partial charge in [0.15, 0.2) is 6.10 Å². The number of para-hydroxylation sites is 1. The lowest BCUT2D eigenvalue weighted by atomic mass is 10.2. The molecule has 7 nitrogen and oxygen atoms in total. The van der Waals surface area contributed by atoms with Gasteiger partial charge in [0.25, 0.3) is 5.91 Å². The highest BCUT2D eigenvalue weighted by Crippen LogP contribution is 2.17. The zero-order valence-corrected chi connectivity index (χ0v) is 10.3. The Morgan fingerprint density at radius 1 is 1.37 bits per heavy atom. The molecule has 7 heteroatoms. The van der Waals surface area contributed by atoms with Gasteiger partial charge in [-0.15, -0.1) is 0 Å². The zero-order valence-electron chi connectivity index (χ0n) is 10.3. The van der Waals surface area contributed by atoms with E-state index in [2.05, 4.69) is 5.32 Å². The lowest BCUT2D eigenvalue weighted by Crippen LogP contribution is -2.37. The fourth-order valence-corrected chi connectivity index (χ4v) is 1.31. The van der Waals surface area contributed by atoms with Crippen molar-refractivity contribution in [3.8, 4) is 5.75 Å². The Bertz CT molecular complexity index is 501. The van der Waals surface area contributed by atoms with Gasteiger partial charge >= 0.3 is 5.97 Å². The quantitative estimate of drug-likeness (QED) is 0.623. The summed E-state index contributed by atoms with van der Waals surface area (Å²) in [5.74, 6) is -2.64. The summed E-state index contributed by atoms with van der Waals surface area (Å²) in [6, 6.07) is 5.68. The third kappa shape index (κ3) is 3.98. The summed E-state index contributed by atoms with van der Waals surface area (Å²) in [4.78, 5) is 34.0. The molecule has 102 valence electrons. The highest BCUT2D eigenvalue weighted by atomic mass is 16.5. The van der Waals surface area contributed by atoms with Gasteiger partial charge in [0, 0.05) is 7.05 Å². The summed E-state index contributed by atoms with van der Waals surface area (Å²) in [6.45, 7) is 0. The van der Waals surface area contributed by atoms with E-state index >= 15 is 0 Å². The molecule has 1 rings (SSSR count). The van der Waals surface area contributed by atoms with Gasteiger partial charge in [0.05, 0.1) is 6.42 Å². The summed E-state index contributed by atoms with van der Waals surface area (Å²) < 4.78 is 4.82. The highest BCUT2D eigenvalue weighted by molar-refractivity contribution is 5.95. The molecule has 1 atom stereocenters. The molecule has 0 fully saturated rings. The molecule has 1 unspecified atom stereocenters. The number of primary amides is 1. The Labute approximate surface area is 109 Å². The summed E-state index contributed by atoms with van der Waals surface area (Å²) in [5.41, 5.74) is 4.94. The van der Waals surface area contributed by atoms with Crippen molar-refractivity contribution in [1.82, 2.24) is 5.32 Å². The van der Waals surface area contributed by atoms with E-state index in [9.17, 15) is 19.5 Å². The molecule has 0 aliphatic heterocycles. The minimum absolute atomic E-state index is 0.106. The number of hydrogen-bond donors (Lipinski definition) is 3. The number of amides is 2. The van der Waals surface area contributed by atoms with Crippen LogP contribution >= 0.6 is 0 Å². The normalized spacial score (nSPS) is 11.4. The minimum Gasteiger partial charge on any atom is -0.507 e. The number of carbonyl (C=O) groups is 3. The second kappa shape index (κ2) is 6.39. The van der Waals surface area contributed by atoms with Crippen molar-refractivity contribution in [2.45, 2.75) is 12.5 Å². The van der Waals surface area contributed by atoms with Gasteiger partial charge in [-0.05, 0) is 12.1 Å². The lowest BCUT2D eigenvalue weighted by Gasteiger charge is -2.14. The van der Waals surface area contributed by atoms with Gasteiger partial charge in [-0.25, -0.2) is 4.79 Å². The molecule has 4 N–H and O–H groups in total. The van der Waals surface area contributed by atoms with Crippen LogP contribution in [0.5, 0.6) is 5.75 Å². The number of esters is 1. The molecular weight excluding hydrogens is 252 g/mol. The van der Waals surface area contributed by atoms with E-state index in [1.165, 1.54) is 31.3 Å². The average Bonchev–Trinajstić information content (AvgIpc) is 2.37. The maximum absolute atomic E-state index is 11.7. The number of rotatable bonds is 5. The molecule has 0 saturated heterocycles. The Balaban J connectivity index is 2.80. The van der Waals surface area contributed by atoms with Crippen molar-refractivity contribution in [3.63, 3.8) is 0 Å². The monoisotopic (exact) mass is 266 g/mol. The summed E-state index contributed by atoms with van der Waals surface area (Å²) in [5, 5.41) is 11.8. The molecule has 19 heavy (non-hydrogen) atoms. The van der Waals surface area contributed by atoms with Gasteiger partial charge in [-0.2, -0.15) is 0 Å². The van der Waals surface area contributed by atoms with Crippen LogP contribution in [0.3, 0.4) is 0 Å².